The predicted molar refractivity (Wildman–Crippen MR) is 90.5 cm³/mol. The zero-order valence-corrected chi connectivity index (χ0v) is 14.9. The number of carbonyl (C=O) groups is 1. The summed E-state index contributed by atoms with van der Waals surface area (Å²) in [5.74, 6) is -0.399. The molecule has 0 fully saturated rings. The van der Waals surface area contributed by atoms with Crippen LogP contribution in [0.25, 0.3) is 0 Å². The summed E-state index contributed by atoms with van der Waals surface area (Å²) in [6, 6.07) is 12.8. The van der Waals surface area contributed by atoms with Crippen LogP contribution in [0.3, 0.4) is 0 Å². The third-order valence-corrected chi connectivity index (χ3v) is 5.30. The molecule has 122 valence electrons. The van der Waals surface area contributed by atoms with Crippen molar-refractivity contribution in [3.63, 3.8) is 0 Å². The molecule has 2 rings (SSSR count). The van der Waals surface area contributed by atoms with E-state index in [1.54, 1.807) is 30.3 Å². The molecule has 0 radical (unpaired) electrons. The van der Waals surface area contributed by atoms with Gasteiger partial charge in [-0.2, -0.15) is 0 Å². The molecule has 1 amide bonds. The molecule has 2 aromatic rings. The van der Waals surface area contributed by atoms with Gasteiger partial charge in [0.1, 0.15) is 0 Å². The Hall–Kier alpha value is -1.74. The van der Waals surface area contributed by atoms with Crippen molar-refractivity contribution in [1.82, 2.24) is 4.47 Å². The number of hydroxylamine groups is 1. The minimum absolute atomic E-state index is 0.0229. The van der Waals surface area contributed by atoms with Crippen molar-refractivity contribution in [2.75, 3.05) is 19.5 Å². The molecule has 0 aliphatic rings. The number of halogens is 1. The first-order valence-electron chi connectivity index (χ1n) is 6.54. The third kappa shape index (κ3) is 4.17. The van der Waals surface area contributed by atoms with Gasteiger partial charge in [-0.1, -0.05) is 26.5 Å². The van der Waals surface area contributed by atoms with Crippen molar-refractivity contribution in [3.8, 4) is 0 Å². The Kier molecular flexibility index (Phi) is 5.53. The molecule has 0 atom stereocenters. The van der Waals surface area contributed by atoms with E-state index in [0.29, 0.717) is 5.69 Å². The Bertz CT molecular complexity index is 806. The SMILES string of the molecule is CON(C)S(=O)(=O)c1cccc(C(=O)Nc2ccc(Br)cc2)c1. The van der Waals surface area contributed by atoms with Gasteiger partial charge in [0, 0.05) is 22.8 Å². The first kappa shape index (κ1) is 17.6. The number of carbonyl (C=O) groups excluding carboxylic acids is 1. The molecule has 23 heavy (non-hydrogen) atoms. The molecule has 1 N–H and O–H groups in total. The average molecular weight is 399 g/mol. The van der Waals surface area contributed by atoms with Crippen molar-refractivity contribution in [2.24, 2.45) is 0 Å². The van der Waals surface area contributed by atoms with E-state index >= 15 is 0 Å². The van der Waals surface area contributed by atoms with Crippen molar-refractivity contribution in [2.45, 2.75) is 4.90 Å². The Morgan fingerprint density at radius 3 is 2.43 bits per heavy atom. The number of hydrogen-bond acceptors (Lipinski definition) is 4. The van der Waals surface area contributed by atoms with Gasteiger partial charge < -0.3 is 5.32 Å². The minimum Gasteiger partial charge on any atom is -0.322 e. The van der Waals surface area contributed by atoms with Crippen LogP contribution in [-0.4, -0.2) is 33.0 Å². The highest BCUT2D eigenvalue weighted by Gasteiger charge is 2.21. The van der Waals surface area contributed by atoms with Gasteiger partial charge in [0.25, 0.3) is 15.9 Å². The van der Waals surface area contributed by atoms with Crippen molar-refractivity contribution in [1.29, 1.82) is 0 Å². The summed E-state index contributed by atoms with van der Waals surface area (Å²) < 4.78 is 26.0. The van der Waals surface area contributed by atoms with Crippen molar-refractivity contribution < 1.29 is 18.0 Å². The highest BCUT2D eigenvalue weighted by molar-refractivity contribution is 9.10. The number of hydrogen-bond donors (Lipinski definition) is 1. The van der Waals surface area contributed by atoms with Crippen LogP contribution < -0.4 is 5.32 Å². The van der Waals surface area contributed by atoms with Crippen LogP contribution in [0.5, 0.6) is 0 Å². The fourth-order valence-electron chi connectivity index (χ4n) is 1.78. The Morgan fingerprint density at radius 1 is 1.17 bits per heavy atom. The molecule has 0 unspecified atom stereocenters. The van der Waals surface area contributed by atoms with Gasteiger partial charge in [-0.25, -0.2) is 8.42 Å². The van der Waals surface area contributed by atoms with Gasteiger partial charge in [0.05, 0.1) is 12.0 Å². The lowest BCUT2D eigenvalue weighted by atomic mass is 10.2. The zero-order valence-electron chi connectivity index (χ0n) is 12.5. The Labute approximate surface area is 143 Å². The quantitative estimate of drug-likeness (QED) is 0.785. The first-order valence-corrected chi connectivity index (χ1v) is 8.78. The Balaban J connectivity index is 2.25. The highest BCUT2D eigenvalue weighted by Crippen LogP contribution is 2.18. The largest absolute Gasteiger partial charge is 0.322 e. The standard InChI is InChI=1S/C15H15BrN2O4S/c1-18(22-2)23(20,21)14-5-3-4-11(10-14)15(19)17-13-8-6-12(16)7-9-13/h3-10H,1-2H3,(H,17,19). The number of sulfonamides is 1. The van der Waals surface area contributed by atoms with Crippen LogP contribution in [0.15, 0.2) is 57.9 Å². The van der Waals surface area contributed by atoms with Gasteiger partial charge in [-0.05, 0) is 42.5 Å². The van der Waals surface area contributed by atoms with Crippen LogP contribution in [0, 0.1) is 0 Å². The van der Waals surface area contributed by atoms with E-state index in [1.807, 2.05) is 0 Å². The number of nitrogens with one attached hydrogen (secondary N) is 1. The predicted octanol–water partition coefficient (Wildman–Crippen LogP) is 2.88. The van der Waals surface area contributed by atoms with Gasteiger partial charge in [-0.15, -0.1) is 0 Å². The van der Waals surface area contributed by atoms with Crippen LogP contribution in [0.2, 0.25) is 0 Å². The summed E-state index contributed by atoms with van der Waals surface area (Å²) in [7, 11) is -1.27. The second-order valence-corrected chi connectivity index (χ2v) is 7.44. The van der Waals surface area contributed by atoms with Gasteiger partial charge >= 0.3 is 0 Å². The summed E-state index contributed by atoms with van der Waals surface area (Å²) >= 11 is 3.31. The average Bonchev–Trinajstić information content (AvgIpc) is 2.56. The summed E-state index contributed by atoms with van der Waals surface area (Å²) in [4.78, 5) is 16.9. The van der Waals surface area contributed by atoms with Crippen molar-refractivity contribution >= 4 is 37.5 Å². The van der Waals surface area contributed by atoms with Crippen LogP contribution >= 0.6 is 15.9 Å². The molecule has 0 spiro atoms. The van der Waals surface area contributed by atoms with Gasteiger partial charge in [0.2, 0.25) is 0 Å². The minimum atomic E-state index is -3.80. The second kappa shape index (κ2) is 7.22. The number of benzene rings is 2. The van der Waals surface area contributed by atoms with E-state index in [2.05, 4.69) is 21.2 Å². The molecule has 0 aromatic heterocycles. The van der Waals surface area contributed by atoms with Crippen LogP contribution in [0.1, 0.15) is 10.4 Å². The second-order valence-electron chi connectivity index (χ2n) is 4.59. The molecule has 0 saturated carbocycles. The molecular weight excluding hydrogens is 384 g/mol. The van der Waals surface area contributed by atoms with Crippen LogP contribution in [0.4, 0.5) is 5.69 Å². The van der Waals surface area contributed by atoms with E-state index in [4.69, 9.17) is 4.84 Å². The lowest BCUT2D eigenvalue weighted by Crippen LogP contribution is -2.26. The van der Waals surface area contributed by atoms with Crippen molar-refractivity contribution in [3.05, 3.63) is 58.6 Å². The Morgan fingerprint density at radius 2 is 1.83 bits per heavy atom. The monoisotopic (exact) mass is 398 g/mol. The molecule has 0 saturated heterocycles. The maximum absolute atomic E-state index is 12.3. The third-order valence-electron chi connectivity index (χ3n) is 3.09. The molecule has 6 nitrogen and oxygen atoms in total. The molecule has 2 aromatic carbocycles. The molecule has 8 heteroatoms. The van der Waals surface area contributed by atoms with E-state index in [1.165, 1.54) is 32.4 Å². The highest BCUT2D eigenvalue weighted by atomic mass is 79.9. The number of nitrogens with zero attached hydrogens (tertiary/aromatic N) is 1. The summed E-state index contributed by atoms with van der Waals surface area (Å²) in [5, 5.41) is 2.71. The fraction of sp³-hybridized carbons (Fsp3) is 0.133. The normalized spacial score (nSPS) is 11.5. The van der Waals surface area contributed by atoms with E-state index in [0.717, 1.165) is 8.94 Å². The number of rotatable bonds is 5. The molecule has 0 heterocycles. The maximum Gasteiger partial charge on any atom is 0.264 e. The molecule has 0 aliphatic carbocycles. The first-order chi connectivity index (χ1) is 10.8. The van der Waals surface area contributed by atoms with Gasteiger partial charge in [-0.3, -0.25) is 9.63 Å². The topological polar surface area (TPSA) is 75.7 Å². The molecule has 0 bridgehead atoms. The molecule has 0 aliphatic heterocycles. The van der Waals surface area contributed by atoms with E-state index in [-0.39, 0.29) is 10.5 Å². The maximum atomic E-state index is 12.3. The van der Waals surface area contributed by atoms with Crippen LogP contribution in [-0.2, 0) is 14.9 Å². The summed E-state index contributed by atoms with van der Waals surface area (Å²) in [6.45, 7) is 0. The van der Waals surface area contributed by atoms with E-state index in [9.17, 15) is 13.2 Å². The summed E-state index contributed by atoms with van der Waals surface area (Å²) in [5.41, 5.74) is 0.846. The number of anilines is 1. The summed E-state index contributed by atoms with van der Waals surface area (Å²) in [6.07, 6.45) is 0. The lowest BCUT2D eigenvalue weighted by Gasteiger charge is -2.14. The smallest absolute Gasteiger partial charge is 0.264 e. The fourth-order valence-corrected chi connectivity index (χ4v) is 3.06. The van der Waals surface area contributed by atoms with Gasteiger partial charge in [0.15, 0.2) is 0 Å². The molecular formula is C15H15BrN2O4S. The number of amides is 1. The lowest BCUT2D eigenvalue weighted by molar-refractivity contribution is -0.0258. The zero-order chi connectivity index (χ0) is 17.0. The van der Waals surface area contributed by atoms with E-state index < -0.39 is 15.9 Å².